The zero-order chi connectivity index (χ0) is 45.5. The molecular weight excluding hydrogens is 789 g/mol. The van der Waals surface area contributed by atoms with Crippen LogP contribution >= 0.6 is 0 Å². The predicted molar refractivity (Wildman–Crippen MR) is 229 cm³/mol. The molecule has 20 nitrogen and oxygen atoms in total. The SMILES string of the molecule is CC(C)[C@H](NC(=O)[C@H](Cc1ccccc1)NC(=O)[C@H](C)NC(=O)[C@H](CO)NC(=O)[C@@H](N)CCCCN)C(=O)N[C@@H](CCCN=C(N)N)C(=O)N[C@@H](Cc1ccccc1)C(N)=O. The van der Waals surface area contributed by atoms with E-state index in [0.29, 0.717) is 31.4 Å². The molecular formula is C41H64N12O8. The van der Waals surface area contributed by atoms with E-state index in [9.17, 15) is 38.7 Å². The van der Waals surface area contributed by atoms with Crippen LogP contribution in [0.15, 0.2) is 65.7 Å². The van der Waals surface area contributed by atoms with Gasteiger partial charge in [0, 0.05) is 19.4 Å². The molecule has 2 rings (SSSR count). The second-order valence-corrected chi connectivity index (χ2v) is 15.0. The van der Waals surface area contributed by atoms with Crippen molar-refractivity contribution in [1.29, 1.82) is 0 Å². The van der Waals surface area contributed by atoms with E-state index in [1.165, 1.54) is 6.92 Å². The van der Waals surface area contributed by atoms with Gasteiger partial charge in [-0.05, 0) is 56.2 Å². The molecule has 0 bridgehead atoms. The molecule has 0 spiro atoms. The Morgan fingerprint density at radius 2 is 1.10 bits per heavy atom. The number of nitrogens with one attached hydrogen (secondary N) is 6. The Hall–Kier alpha value is -6.12. The fourth-order valence-electron chi connectivity index (χ4n) is 6.02. The maximum atomic E-state index is 14.0. The molecule has 0 saturated carbocycles. The van der Waals surface area contributed by atoms with Gasteiger partial charge in [-0.1, -0.05) is 80.9 Å². The minimum atomic E-state index is -1.42. The van der Waals surface area contributed by atoms with Crippen LogP contribution in [0.3, 0.4) is 0 Å². The van der Waals surface area contributed by atoms with Crippen LogP contribution in [-0.2, 0) is 46.4 Å². The van der Waals surface area contributed by atoms with Gasteiger partial charge in [-0.25, -0.2) is 0 Å². The number of unbranched alkanes of at least 4 members (excludes halogenated alkanes) is 1. The predicted octanol–water partition coefficient (Wildman–Crippen LogP) is -2.96. The number of aliphatic imine (C=N–C) groups is 1. The van der Waals surface area contributed by atoms with Gasteiger partial charge in [0.15, 0.2) is 5.96 Å². The summed E-state index contributed by atoms with van der Waals surface area (Å²) in [6, 6.07) is 9.22. The maximum absolute atomic E-state index is 14.0. The highest BCUT2D eigenvalue weighted by Crippen LogP contribution is 2.10. The van der Waals surface area contributed by atoms with Crippen molar-refractivity contribution < 1.29 is 38.7 Å². The van der Waals surface area contributed by atoms with Crippen LogP contribution in [0.4, 0.5) is 0 Å². The van der Waals surface area contributed by atoms with Gasteiger partial charge in [0.2, 0.25) is 41.4 Å². The van der Waals surface area contributed by atoms with Crippen LogP contribution in [0.1, 0.15) is 64.0 Å². The van der Waals surface area contributed by atoms with Gasteiger partial charge in [-0.2, -0.15) is 0 Å². The molecule has 0 unspecified atom stereocenters. The number of hydrogen-bond acceptors (Lipinski definition) is 11. The molecule has 0 aromatic heterocycles. The highest BCUT2D eigenvalue weighted by Gasteiger charge is 2.34. The molecule has 0 heterocycles. The summed E-state index contributed by atoms with van der Waals surface area (Å²) in [5, 5.41) is 25.3. The number of carbonyl (C=O) groups excluding carboxylic acids is 7. The number of benzene rings is 2. The van der Waals surface area contributed by atoms with E-state index in [4.69, 9.17) is 28.7 Å². The van der Waals surface area contributed by atoms with Crippen LogP contribution in [0.25, 0.3) is 0 Å². The lowest BCUT2D eigenvalue weighted by atomic mass is 9.99. The highest BCUT2D eigenvalue weighted by molar-refractivity contribution is 5.97. The van der Waals surface area contributed by atoms with E-state index in [2.05, 4.69) is 36.9 Å². The topological polar surface area (TPSA) is 354 Å². The van der Waals surface area contributed by atoms with Gasteiger partial charge in [0.05, 0.1) is 12.6 Å². The van der Waals surface area contributed by atoms with Gasteiger partial charge in [-0.15, -0.1) is 0 Å². The summed E-state index contributed by atoms with van der Waals surface area (Å²) in [4.78, 5) is 97.0. The first kappa shape index (κ1) is 51.0. The summed E-state index contributed by atoms with van der Waals surface area (Å²) in [6.45, 7) is 4.48. The smallest absolute Gasteiger partial charge is 0.245 e. The van der Waals surface area contributed by atoms with Crippen molar-refractivity contribution in [2.75, 3.05) is 19.7 Å². The Bertz CT molecular complexity index is 1760. The summed E-state index contributed by atoms with van der Waals surface area (Å²) in [5.41, 5.74) is 29.3. The zero-order valence-electron chi connectivity index (χ0n) is 35.1. The van der Waals surface area contributed by atoms with Gasteiger partial charge >= 0.3 is 0 Å². The van der Waals surface area contributed by atoms with E-state index in [1.54, 1.807) is 74.5 Å². The first-order chi connectivity index (χ1) is 29.0. The molecule has 7 amide bonds. The Kier molecular flexibility index (Phi) is 22.5. The number of primary amides is 1. The average Bonchev–Trinajstić information content (AvgIpc) is 3.22. The average molecular weight is 853 g/mol. The summed E-state index contributed by atoms with van der Waals surface area (Å²) in [7, 11) is 0. The van der Waals surface area contributed by atoms with E-state index in [0.717, 1.165) is 5.56 Å². The number of nitrogens with two attached hydrogens (primary N) is 5. The van der Waals surface area contributed by atoms with E-state index in [-0.39, 0.29) is 38.2 Å². The van der Waals surface area contributed by atoms with Crippen molar-refractivity contribution in [2.45, 2.75) is 108 Å². The second kappa shape index (κ2) is 26.9. The third-order valence-corrected chi connectivity index (χ3v) is 9.56. The number of hydrogen-bond donors (Lipinski definition) is 12. The molecule has 20 heteroatoms. The lowest BCUT2D eigenvalue weighted by Crippen LogP contribution is -2.61. The van der Waals surface area contributed by atoms with E-state index >= 15 is 0 Å². The largest absolute Gasteiger partial charge is 0.394 e. The number of guanidine groups is 1. The Morgan fingerprint density at radius 3 is 1.62 bits per heavy atom. The quantitative estimate of drug-likeness (QED) is 0.0244. The summed E-state index contributed by atoms with van der Waals surface area (Å²) in [6.07, 6.45) is 1.94. The maximum Gasteiger partial charge on any atom is 0.245 e. The number of carbonyl (C=O) groups is 7. The number of aliphatic hydroxyl groups is 1. The first-order valence-corrected chi connectivity index (χ1v) is 20.3. The minimum absolute atomic E-state index is 0.0192. The summed E-state index contributed by atoms with van der Waals surface area (Å²) < 4.78 is 0. The summed E-state index contributed by atoms with van der Waals surface area (Å²) >= 11 is 0. The highest BCUT2D eigenvalue weighted by atomic mass is 16.3. The molecule has 0 aliphatic heterocycles. The molecule has 0 fully saturated rings. The van der Waals surface area contributed by atoms with E-state index in [1.807, 2.05) is 0 Å². The van der Waals surface area contributed by atoms with Gasteiger partial charge in [-0.3, -0.25) is 38.6 Å². The minimum Gasteiger partial charge on any atom is -0.394 e. The third kappa shape index (κ3) is 18.8. The van der Waals surface area contributed by atoms with Gasteiger partial charge in [0.1, 0.15) is 36.3 Å². The normalized spacial score (nSPS) is 14.4. The lowest BCUT2D eigenvalue weighted by molar-refractivity contribution is -0.136. The van der Waals surface area contributed by atoms with Crippen LogP contribution in [0.2, 0.25) is 0 Å². The fourth-order valence-corrected chi connectivity index (χ4v) is 6.02. The van der Waals surface area contributed by atoms with Crippen molar-refractivity contribution in [3.05, 3.63) is 71.8 Å². The fraction of sp³-hybridized carbons (Fsp3) is 0.512. The Morgan fingerprint density at radius 1 is 0.590 bits per heavy atom. The van der Waals surface area contributed by atoms with Crippen molar-refractivity contribution in [3.63, 3.8) is 0 Å². The molecule has 7 atom stereocenters. The monoisotopic (exact) mass is 852 g/mol. The summed E-state index contributed by atoms with van der Waals surface area (Å²) in [5.74, 6) is -5.98. The van der Waals surface area contributed by atoms with Crippen molar-refractivity contribution in [2.24, 2.45) is 39.6 Å². The molecule has 2 aromatic carbocycles. The molecule has 0 saturated heterocycles. The molecule has 336 valence electrons. The molecule has 0 aliphatic rings. The van der Waals surface area contributed by atoms with Gasteiger partial charge in [0.25, 0.3) is 0 Å². The number of rotatable bonds is 27. The Labute approximate surface area is 356 Å². The van der Waals surface area contributed by atoms with Crippen molar-refractivity contribution in [1.82, 2.24) is 31.9 Å². The molecule has 61 heavy (non-hydrogen) atoms. The van der Waals surface area contributed by atoms with Crippen LogP contribution in [-0.4, -0.2) is 114 Å². The molecule has 2 aromatic rings. The van der Waals surface area contributed by atoms with E-state index < -0.39 is 96.2 Å². The van der Waals surface area contributed by atoms with Crippen molar-refractivity contribution >= 4 is 47.3 Å². The van der Waals surface area contributed by atoms with Crippen LogP contribution < -0.4 is 60.6 Å². The number of nitrogens with zero attached hydrogens (tertiary/aromatic N) is 1. The number of aliphatic hydroxyl groups excluding tert-OH is 1. The standard InChI is InChI=1S/C41H64N12O8/c1-24(2)33(40(61)49-29(18-12-20-47-41(45)46)37(58)50-30(34(44)55)21-26-13-6-4-7-14-26)53-38(59)31(22-27-15-8-5-9-16-27)51-35(56)25(3)48-39(60)32(23-54)52-36(57)28(43)17-10-11-19-42/h4-9,13-16,24-25,28-33,54H,10-12,17-23,42-43H2,1-3H3,(H2,44,55)(H,48,60)(H,49,61)(H,50,58)(H,51,56)(H,52,57)(H,53,59)(H4,45,46,47)/t25-,28-,29-,30-,31-,32-,33-/m0/s1. The van der Waals surface area contributed by atoms with Gasteiger partial charge < -0.3 is 65.7 Å². The molecule has 0 radical (unpaired) electrons. The van der Waals surface area contributed by atoms with Crippen LogP contribution in [0, 0.1) is 5.92 Å². The van der Waals surface area contributed by atoms with Crippen molar-refractivity contribution in [3.8, 4) is 0 Å². The molecule has 0 aliphatic carbocycles. The Balaban J connectivity index is 2.26. The first-order valence-electron chi connectivity index (χ1n) is 20.3. The second-order valence-electron chi connectivity index (χ2n) is 15.0. The lowest BCUT2D eigenvalue weighted by Gasteiger charge is -2.28. The zero-order valence-corrected chi connectivity index (χ0v) is 35.1. The third-order valence-electron chi connectivity index (χ3n) is 9.56. The van der Waals surface area contributed by atoms with Crippen LogP contribution in [0.5, 0.6) is 0 Å². The molecule has 17 N–H and O–H groups in total. The number of amides is 7.